The van der Waals surface area contributed by atoms with Crippen LogP contribution in [-0.4, -0.2) is 59.2 Å². The maximum Gasteiger partial charge on any atom is 0.290 e. The number of aromatic nitrogens is 1. The number of benzene rings is 1. The van der Waals surface area contributed by atoms with Crippen LogP contribution >= 0.6 is 0 Å². The molecule has 1 aromatic heterocycles. The van der Waals surface area contributed by atoms with Crippen LogP contribution in [0, 0.1) is 20.8 Å². The van der Waals surface area contributed by atoms with E-state index in [-0.39, 0.29) is 12.9 Å². The molecule has 1 aliphatic heterocycles. The summed E-state index contributed by atoms with van der Waals surface area (Å²) in [5.41, 5.74) is 5.04. The molecule has 0 bridgehead atoms. The van der Waals surface area contributed by atoms with E-state index in [0.717, 1.165) is 23.9 Å². The van der Waals surface area contributed by atoms with Crippen molar-refractivity contribution in [2.75, 3.05) is 25.5 Å². The summed E-state index contributed by atoms with van der Waals surface area (Å²) >= 11 is 0. The van der Waals surface area contributed by atoms with Crippen LogP contribution in [0.1, 0.15) is 36.0 Å². The summed E-state index contributed by atoms with van der Waals surface area (Å²) in [7, 11) is 2.24. The summed E-state index contributed by atoms with van der Waals surface area (Å²) in [5, 5.41) is 18.6. The minimum atomic E-state index is -0.250. The predicted molar refractivity (Wildman–Crippen MR) is 112 cm³/mol. The van der Waals surface area contributed by atoms with Crippen molar-refractivity contribution in [1.29, 1.82) is 0 Å². The van der Waals surface area contributed by atoms with Crippen molar-refractivity contribution in [3.8, 4) is 0 Å². The molecular formula is C21H31N3O4. The van der Waals surface area contributed by atoms with Gasteiger partial charge in [0.2, 0.25) is 0 Å². The number of nitrogens with one attached hydrogen (secondary N) is 1. The SMILES string of the molecule is Cc1ccc2c(C)cc(NCCC3CCCN3C)nc2c1C.O=CO.O=CO. The molecular weight excluding hydrogens is 358 g/mol. The van der Waals surface area contributed by atoms with Gasteiger partial charge in [-0.15, -0.1) is 0 Å². The molecule has 1 aliphatic rings. The van der Waals surface area contributed by atoms with Gasteiger partial charge in [-0.1, -0.05) is 12.1 Å². The zero-order valence-electron chi connectivity index (χ0n) is 17.1. The monoisotopic (exact) mass is 389 g/mol. The van der Waals surface area contributed by atoms with Crippen LogP contribution < -0.4 is 5.32 Å². The molecule has 28 heavy (non-hydrogen) atoms. The van der Waals surface area contributed by atoms with E-state index >= 15 is 0 Å². The number of nitrogens with zero attached hydrogens (tertiary/aromatic N) is 2. The lowest BCUT2D eigenvalue weighted by Gasteiger charge is -2.19. The van der Waals surface area contributed by atoms with E-state index in [1.807, 2.05) is 0 Å². The highest BCUT2D eigenvalue weighted by Crippen LogP contribution is 2.25. The molecule has 1 fully saturated rings. The third-order valence-corrected chi connectivity index (χ3v) is 5.17. The van der Waals surface area contributed by atoms with Gasteiger partial charge in [0.15, 0.2) is 0 Å². The van der Waals surface area contributed by atoms with Gasteiger partial charge in [0.1, 0.15) is 5.82 Å². The molecule has 0 aliphatic carbocycles. The van der Waals surface area contributed by atoms with Gasteiger partial charge in [0.25, 0.3) is 12.9 Å². The summed E-state index contributed by atoms with van der Waals surface area (Å²) in [6.45, 7) is 8.24. The third kappa shape index (κ3) is 6.49. The van der Waals surface area contributed by atoms with E-state index in [2.05, 4.69) is 56.2 Å². The van der Waals surface area contributed by atoms with Gasteiger partial charge < -0.3 is 20.4 Å². The Morgan fingerprint density at radius 1 is 1.18 bits per heavy atom. The first kappa shape index (κ1) is 23.4. The number of likely N-dealkylation sites (tertiary alicyclic amines) is 1. The standard InChI is InChI=1S/C19H27N3.2CH2O2/c1-13-7-8-17-14(2)12-18(21-19(17)15(13)3)20-10-9-16-6-5-11-22(16)4;2*2-1-3/h7-8,12,16H,5-6,9-11H2,1-4H3,(H,20,21);2*1H,(H,2,3). The zero-order valence-corrected chi connectivity index (χ0v) is 17.1. The quantitative estimate of drug-likeness (QED) is 0.688. The van der Waals surface area contributed by atoms with Gasteiger partial charge >= 0.3 is 0 Å². The molecule has 7 heteroatoms. The van der Waals surface area contributed by atoms with Crippen LogP contribution in [-0.2, 0) is 9.59 Å². The van der Waals surface area contributed by atoms with Gasteiger partial charge in [0, 0.05) is 18.0 Å². The molecule has 0 radical (unpaired) electrons. The van der Waals surface area contributed by atoms with E-state index in [0.29, 0.717) is 0 Å². The van der Waals surface area contributed by atoms with E-state index in [9.17, 15) is 0 Å². The summed E-state index contributed by atoms with van der Waals surface area (Å²) in [6.07, 6.45) is 3.87. The van der Waals surface area contributed by atoms with Gasteiger partial charge in [-0.2, -0.15) is 0 Å². The number of carbonyl (C=O) groups is 2. The zero-order chi connectivity index (χ0) is 21.1. The fraction of sp³-hybridized carbons (Fsp3) is 0.476. The second-order valence-electron chi connectivity index (χ2n) is 6.93. The number of pyridine rings is 1. The Morgan fingerprint density at radius 2 is 1.82 bits per heavy atom. The molecule has 1 unspecified atom stereocenters. The van der Waals surface area contributed by atoms with Crippen molar-refractivity contribution in [2.45, 2.75) is 46.1 Å². The molecule has 0 spiro atoms. The largest absolute Gasteiger partial charge is 0.483 e. The summed E-state index contributed by atoms with van der Waals surface area (Å²) in [6, 6.07) is 7.29. The fourth-order valence-electron chi connectivity index (χ4n) is 3.50. The Labute approximate surface area is 166 Å². The van der Waals surface area contributed by atoms with Crippen LogP contribution in [0.4, 0.5) is 5.82 Å². The molecule has 0 saturated carbocycles. The molecule has 7 nitrogen and oxygen atoms in total. The van der Waals surface area contributed by atoms with Crippen molar-refractivity contribution < 1.29 is 19.8 Å². The first-order valence-corrected chi connectivity index (χ1v) is 9.36. The average molecular weight is 389 g/mol. The minimum absolute atomic E-state index is 0.250. The van der Waals surface area contributed by atoms with Crippen LogP contribution in [0.2, 0.25) is 0 Å². The van der Waals surface area contributed by atoms with Gasteiger partial charge in [-0.25, -0.2) is 4.98 Å². The van der Waals surface area contributed by atoms with Crippen molar-refractivity contribution in [3.05, 3.63) is 34.9 Å². The minimum Gasteiger partial charge on any atom is -0.483 e. The van der Waals surface area contributed by atoms with E-state index in [1.54, 1.807) is 0 Å². The highest BCUT2D eigenvalue weighted by atomic mass is 16.3. The average Bonchev–Trinajstić information content (AvgIpc) is 3.05. The molecule has 154 valence electrons. The summed E-state index contributed by atoms with van der Waals surface area (Å²) in [5.74, 6) is 1.01. The second kappa shape index (κ2) is 11.9. The smallest absolute Gasteiger partial charge is 0.290 e. The van der Waals surface area contributed by atoms with Crippen LogP contribution in [0.15, 0.2) is 18.2 Å². The van der Waals surface area contributed by atoms with Crippen molar-refractivity contribution in [1.82, 2.24) is 9.88 Å². The van der Waals surface area contributed by atoms with E-state index in [1.165, 1.54) is 47.9 Å². The summed E-state index contributed by atoms with van der Waals surface area (Å²) in [4.78, 5) is 24.1. The van der Waals surface area contributed by atoms with Crippen molar-refractivity contribution in [3.63, 3.8) is 0 Å². The number of hydrogen-bond donors (Lipinski definition) is 3. The van der Waals surface area contributed by atoms with Crippen LogP contribution in [0.3, 0.4) is 0 Å². The maximum absolute atomic E-state index is 8.36. The Hall–Kier alpha value is -2.67. The molecule has 3 N–H and O–H groups in total. The Kier molecular flexibility index (Phi) is 9.95. The number of fused-ring (bicyclic) bond motifs is 1. The number of anilines is 1. The number of hydrogen-bond acceptors (Lipinski definition) is 5. The Bertz CT molecular complexity index is 774. The van der Waals surface area contributed by atoms with Crippen LogP contribution in [0.5, 0.6) is 0 Å². The Morgan fingerprint density at radius 3 is 2.39 bits per heavy atom. The second-order valence-corrected chi connectivity index (χ2v) is 6.93. The van der Waals surface area contributed by atoms with Crippen LogP contribution in [0.25, 0.3) is 10.9 Å². The van der Waals surface area contributed by atoms with Crippen molar-refractivity contribution >= 4 is 29.7 Å². The fourth-order valence-corrected chi connectivity index (χ4v) is 3.50. The topological polar surface area (TPSA) is 103 Å². The molecule has 0 amide bonds. The molecule has 3 rings (SSSR count). The maximum atomic E-state index is 8.36. The van der Waals surface area contributed by atoms with E-state index in [4.69, 9.17) is 24.8 Å². The normalized spacial score (nSPS) is 15.8. The molecule has 1 aromatic carbocycles. The Balaban J connectivity index is 0.000000582. The highest BCUT2D eigenvalue weighted by molar-refractivity contribution is 5.87. The lowest BCUT2D eigenvalue weighted by atomic mass is 10.0. The van der Waals surface area contributed by atoms with E-state index < -0.39 is 0 Å². The molecule has 1 atom stereocenters. The molecule has 2 aromatic rings. The third-order valence-electron chi connectivity index (χ3n) is 5.17. The first-order valence-electron chi connectivity index (χ1n) is 9.36. The number of carboxylic acid groups (broad SMARTS) is 2. The lowest BCUT2D eigenvalue weighted by Crippen LogP contribution is -2.27. The highest BCUT2D eigenvalue weighted by Gasteiger charge is 2.20. The number of rotatable bonds is 4. The molecule has 1 saturated heterocycles. The first-order chi connectivity index (χ1) is 13.4. The summed E-state index contributed by atoms with van der Waals surface area (Å²) < 4.78 is 0. The molecule has 2 heterocycles. The predicted octanol–water partition coefficient (Wildman–Crippen LogP) is 3.46. The lowest BCUT2D eigenvalue weighted by molar-refractivity contribution is -0.123. The van der Waals surface area contributed by atoms with Gasteiger partial charge in [-0.05, 0) is 76.4 Å². The number of aryl methyl sites for hydroxylation is 3. The van der Waals surface area contributed by atoms with Gasteiger partial charge in [0.05, 0.1) is 5.52 Å². The van der Waals surface area contributed by atoms with Gasteiger partial charge in [-0.3, -0.25) is 9.59 Å². The van der Waals surface area contributed by atoms with Crippen molar-refractivity contribution in [2.24, 2.45) is 0 Å².